The summed E-state index contributed by atoms with van der Waals surface area (Å²) in [7, 11) is 0. The Morgan fingerprint density at radius 2 is 1.78 bits per heavy atom. The number of piperidine rings is 1. The van der Waals surface area contributed by atoms with E-state index in [0.717, 1.165) is 32.6 Å². The van der Waals surface area contributed by atoms with Crippen LogP contribution in [0.3, 0.4) is 0 Å². The number of rotatable bonds is 6. The maximum atomic E-state index is 9.64. The van der Waals surface area contributed by atoms with Gasteiger partial charge in [-0.3, -0.25) is 9.80 Å². The molecular weight excluding hydrogens is 334 g/mol. The molecule has 4 nitrogen and oxygen atoms in total. The van der Waals surface area contributed by atoms with Gasteiger partial charge in [0, 0.05) is 50.9 Å². The highest BCUT2D eigenvalue weighted by molar-refractivity contribution is 5.29. The van der Waals surface area contributed by atoms with Crippen molar-refractivity contribution in [1.82, 2.24) is 14.7 Å². The number of nitrogens with zero attached hydrogens (tertiary/aromatic N) is 3. The number of aliphatic hydroxyl groups excluding tert-OH is 1. The number of aryl methyl sites for hydroxylation is 2. The molecule has 0 aromatic heterocycles. The SMILES string of the molecule is Cc1ccc(CN2CCN(C3CCN(C(C)C)CC3)C(CCO)C2)cc1C. The molecule has 0 radical (unpaired) electrons. The minimum atomic E-state index is 0.295. The van der Waals surface area contributed by atoms with Gasteiger partial charge in [-0.2, -0.15) is 0 Å². The van der Waals surface area contributed by atoms with Gasteiger partial charge in [0.2, 0.25) is 0 Å². The Hall–Kier alpha value is -0.940. The van der Waals surface area contributed by atoms with Crippen LogP contribution in [-0.4, -0.2) is 77.3 Å². The second-order valence-electron chi connectivity index (χ2n) is 8.92. The molecule has 3 rings (SSSR count). The summed E-state index contributed by atoms with van der Waals surface area (Å²) in [5.41, 5.74) is 4.17. The van der Waals surface area contributed by atoms with Crippen molar-refractivity contribution >= 4 is 0 Å². The maximum Gasteiger partial charge on any atom is 0.0446 e. The summed E-state index contributed by atoms with van der Waals surface area (Å²) in [6, 6.07) is 8.70. The smallest absolute Gasteiger partial charge is 0.0446 e. The van der Waals surface area contributed by atoms with E-state index < -0.39 is 0 Å². The Balaban J connectivity index is 1.59. The quantitative estimate of drug-likeness (QED) is 0.830. The molecule has 2 heterocycles. The van der Waals surface area contributed by atoms with Crippen molar-refractivity contribution in [2.24, 2.45) is 0 Å². The lowest BCUT2D eigenvalue weighted by atomic mass is 9.97. The summed E-state index contributed by atoms with van der Waals surface area (Å²) in [4.78, 5) is 7.92. The molecule has 4 heteroatoms. The zero-order chi connectivity index (χ0) is 19.4. The Morgan fingerprint density at radius 3 is 2.41 bits per heavy atom. The first kappa shape index (κ1) is 20.8. The summed E-state index contributed by atoms with van der Waals surface area (Å²) in [6.45, 7) is 16.1. The van der Waals surface area contributed by atoms with Crippen LogP contribution in [0.15, 0.2) is 18.2 Å². The summed E-state index contributed by atoms with van der Waals surface area (Å²) in [6.07, 6.45) is 3.45. The lowest BCUT2D eigenvalue weighted by molar-refractivity contribution is -0.0000326. The van der Waals surface area contributed by atoms with E-state index >= 15 is 0 Å². The number of hydrogen-bond donors (Lipinski definition) is 1. The van der Waals surface area contributed by atoms with Gasteiger partial charge >= 0.3 is 0 Å². The van der Waals surface area contributed by atoms with Crippen LogP contribution in [-0.2, 0) is 6.54 Å². The average molecular weight is 374 g/mol. The normalized spacial score (nSPS) is 24.0. The average Bonchev–Trinajstić information content (AvgIpc) is 2.65. The van der Waals surface area contributed by atoms with Crippen molar-refractivity contribution in [2.75, 3.05) is 39.3 Å². The van der Waals surface area contributed by atoms with E-state index in [0.29, 0.717) is 24.7 Å². The van der Waals surface area contributed by atoms with Gasteiger partial charge in [-0.15, -0.1) is 0 Å². The first-order valence-electron chi connectivity index (χ1n) is 10.9. The number of aliphatic hydroxyl groups is 1. The second kappa shape index (κ2) is 9.51. The molecule has 1 atom stereocenters. The Kier molecular flexibility index (Phi) is 7.32. The molecule has 2 saturated heterocycles. The maximum absolute atomic E-state index is 9.64. The first-order valence-corrected chi connectivity index (χ1v) is 10.9. The molecule has 2 aliphatic heterocycles. The van der Waals surface area contributed by atoms with Crippen molar-refractivity contribution < 1.29 is 5.11 Å². The summed E-state index contributed by atoms with van der Waals surface area (Å²) < 4.78 is 0. The molecule has 0 spiro atoms. The van der Waals surface area contributed by atoms with Gasteiger partial charge in [0.1, 0.15) is 0 Å². The van der Waals surface area contributed by atoms with E-state index in [1.807, 2.05) is 0 Å². The lowest BCUT2D eigenvalue weighted by Crippen LogP contribution is -2.58. The number of hydrogen-bond acceptors (Lipinski definition) is 4. The van der Waals surface area contributed by atoms with E-state index in [1.165, 1.54) is 42.6 Å². The summed E-state index contributed by atoms with van der Waals surface area (Å²) >= 11 is 0. The van der Waals surface area contributed by atoms with Gasteiger partial charge in [-0.25, -0.2) is 0 Å². The Bertz CT molecular complexity index is 595. The topological polar surface area (TPSA) is 30.0 Å². The highest BCUT2D eigenvalue weighted by Gasteiger charge is 2.33. The molecule has 2 aliphatic rings. The van der Waals surface area contributed by atoms with Crippen LogP contribution in [0.5, 0.6) is 0 Å². The zero-order valence-electron chi connectivity index (χ0n) is 17.8. The molecule has 0 bridgehead atoms. The van der Waals surface area contributed by atoms with Crippen molar-refractivity contribution in [3.05, 3.63) is 34.9 Å². The molecule has 0 aliphatic carbocycles. The third-order valence-electron chi connectivity index (χ3n) is 6.75. The predicted molar refractivity (Wildman–Crippen MR) is 113 cm³/mol. The molecule has 152 valence electrons. The highest BCUT2D eigenvalue weighted by Crippen LogP contribution is 2.25. The fourth-order valence-corrected chi connectivity index (χ4v) is 4.86. The molecule has 2 fully saturated rings. The number of likely N-dealkylation sites (tertiary alicyclic amines) is 1. The first-order chi connectivity index (χ1) is 13.0. The van der Waals surface area contributed by atoms with Crippen LogP contribution in [0.1, 0.15) is 49.8 Å². The third kappa shape index (κ3) is 5.32. The van der Waals surface area contributed by atoms with Crippen LogP contribution in [0.25, 0.3) is 0 Å². The van der Waals surface area contributed by atoms with E-state index in [4.69, 9.17) is 0 Å². The monoisotopic (exact) mass is 373 g/mol. The van der Waals surface area contributed by atoms with Gasteiger partial charge in [0.15, 0.2) is 0 Å². The lowest BCUT2D eigenvalue weighted by Gasteiger charge is -2.48. The molecule has 1 N–H and O–H groups in total. The molecule has 0 amide bonds. The molecular formula is C23H39N3O. The van der Waals surface area contributed by atoms with E-state index in [-0.39, 0.29) is 0 Å². The Morgan fingerprint density at radius 1 is 1.04 bits per heavy atom. The molecule has 1 aromatic rings. The van der Waals surface area contributed by atoms with Gasteiger partial charge in [0.25, 0.3) is 0 Å². The van der Waals surface area contributed by atoms with Crippen LogP contribution in [0, 0.1) is 13.8 Å². The zero-order valence-corrected chi connectivity index (χ0v) is 17.8. The molecule has 1 aromatic carbocycles. The van der Waals surface area contributed by atoms with Gasteiger partial charge in [0.05, 0.1) is 0 Å². The number of piperazine rings is 1. The van der Waals surface area contributed by atoms with Crippen LogP contribution in [0.2, 0.25) is 0 Å². The Labute approximate surface area is 166 Å². The van der Waals surface area contributed by atoms with Gasteiger partial charge in [-0.05, 0) is 76.7 Å². The van der Waals surface area contributed by atoms with Crippen molar-refractivity contribution in [2.45, 2.75) is 71.6 Å². The largest absolute Gasteiger partial charge is 0.396 e. The van der Waals surface area contributed by atoms with Gasteiger partial charge in [-0.1, -0.05) is 18.2 Å². The van der Waals surface area contributed by atoms with Crippen LogP contribution >= 0.6 is 0 Å². The minimum Gasteiger partial charge on any atom is -0.396 e. The second-order valence-corrected chi connectivity index (χ2v) is 8.92. The van der Waals surface area contributed by atoms with Gasteiger partial charge < -0.3 is 10.0 Å². The predicted octanol–water partition coefficient (Wildman–Crippen LogP) is 3.04. The van der Waals surface area contributed by atoms with Crippen molar-refractivity contribution in [1.29, 1.82) is 0 Å². The summed E-state index contributed by atoms with van der Waals surface area (Å²) in [5, 5.41) is 9.64. The minimum absolute atomic E-state index is 0.295. The fourth-order valence-electron chi connectivity index (χ4n) is 4.86. The van der Waals surface area contributed by atoms with Crippen molar-refractivity contribution in [3.63, 3.8) is 0 Å². The highest BCUT2D eigenvalue weighted by atomic mass is 16.3. The standard InChI is InChI=1S/C23H39N3O/c1-18(2)25-10-7-22(8-11-25)26-13-12-24(17-23(26)9-14-27)16-21-6-5-19(3)20(4)15-21/h5-6,15,18,22-23,27H,7-14,16-17H2,1-4H3. The third-order valence-corrected chi connectivity index (χ3v) is 6.75. The van der Waals surface area contributed by atoms with E-state index in [9.17, 15) is 5.11 Å². The van der Waals surface area contributed by atoms with Crippen LogP contribution in [0.4, 0.5) is 0 Å². The van der Waals surface area contributed by atoms with E-state index in [2.05, 4.69) is 60.6 Å². The van der Waals surface area contributed by atoms with E-state index in [1.54, 1.807) is 0 Å². The molecule has 0 saturated carbocycles. The fraction of sp³-hybridized carbons (Fsp3) is 0.739. The molecule has 27 heavy (non-hydrogen) atoms. The number of benzene rings is 1. The summed E-state index contributed by atoms with van der Waals surface area (Å²) in [5.74, 6) is 0. The van der Waals surface area contributed by atoms with Crippen molar-refractivity contribution in [3.8, 4) is 0 Å². The van der Waals surface area contributed by atoms with Crippen LogP contribution < -0.4 is 0 Å². The molecule has 1 unspecified atom stereocenters.